The average molecular weight is 354 g/mol. The molecule has 0 radical (unpaired) electrons. The van der Waals surface area contributed by atoms with Crippen molar-refractivity contribution in [2.24, 2.45) is 0 Å². The number of nitrogens with one attached hydrogen (secondary N) is 1. The first-order valence-corrected chi connectivity index (χ1v) is 9.68. The maximum atomic E-state index is 12.8. The molecule has 0 bridgehead atoms. The van der Waals surface area contributed by atoms with Gasteiger partial charge in [-0.1, -0.05) is 24.3 Å². The van der Waals surface area contributed by atoms with Crippen molar-refractivity contribution in [3.63, 3.8) is 0 Å². The van der Waals surface area contributed by atoms with Crippen LogP contribution in [0.4, 0.5) is 0 Å². The van der Waals surface area contributed by atoms with Crippen LogP contribution in [0.25, 0.3) is 5.69 Å². The maximum Gasteiger partial charge on any atom is 0.241 e. The Labute approximate surface area is 149 Å². The molecule has 0 aliphatic rings. The molecule has 0 saturated carbocycles. The molecule has 0 amide bonds. The fourth-order valence-corrected chi connectivity index (χ4v) is 4.38. The van der Waals surface area contributed by atoms with Crippen molar-refractivity contribution in [3.05, 3.63) is 83.7 Å². The third-order valence-corrected chi connectivity index (χ3v) is 5.92. The van der Waals surface area contributed by atoms with Gasteiger partial charge in [-0.2, -0.15) is 0 Å². The van der Waals surface area contributed by atoms with E-state index in [2.05, 4.69) is 4.72 Å². The first kappa shape index (κ1) is 17.5. The van der Waals surface area contributed by atoms with Gasteiger partial charge in [0.05, 0.1) is 4.90 Å². The van der Waals surface area contributed by atoms with Crippen molar-refractivity contribution in [3.8, 4) is 5.69 Å². The van der Waals surface area contributed by atoms with E-state index in [9.17, 15) is 8.42 Å². The van der Waals surface area contributed by atoms with E-state index >= 15 is 0 Å². The second-order valence-corrected chi connectivity index (χ2v) is 7.98. The molecule has 0 aliphatic carbocycles. The van der Waals surface area contributed by atoms with Crippen LogP contribution in [0.3, 0.4) is 0 Å². The highest BCUT2D eigenvalue weighted by Gasteiger charge is 2.20. The minimum Gasteiger partial charge on any atom is -0.324 e. The Morgan fingerprint density at radius 3 is 2.40 bits per heavy atom. The lowest BCUT2D eigenvalue weighted by Gasteiger charge is -2.17. The van der Waals surface area contributed by atoms with Crippen LogP contribution in [0.1, 0.15) is 29.7 Å². The normalized spacial score (nSPS) is 12.9. The summed E-state index contributed by atoms with van der Waals surface area (Å²) in [6.45, 7) is 5.56. The number of sulfonamides is 1. The summed E-state index contributed by atoms with van der Waals surface area (Å²) in [5, 5.41) is 0. The van der Waals surface area contributed by atoms with Gasteiger partial charge in [-0.15, -0.1) is 0 Å². The number of hydrogen-bond donors (Lipinski definition) is 1. The molecular weight excluding hydrogens is 332 g/mol. The molecular formula is C20H22N2O2S. The lowest BCUT2D eigenvalue weighted by Crippen LogP contribution is -2.27. The molecule has 1 aromatic heterocycles. The van der Waals surface area contributed by atoms with Crippen LogP contribution in [0, 0.1) is 13.8 Å². The lowest BCUT2D eigenvalue weighted by atomic mass is 10.1. The van der Waals surface area contributed by atoms with Gasteiger partial charge in [0.1, 0.15) is 0 Å². The maximum absolute atomic E-state index is 12.8. The van der Waals surface area contributed by atoms with E-state index in [1.54, 1.807) is 6.07 Å². The Bertz CT molecular complexity index is 977. The van der Waals surface area contributed by atoms with E-state index in [4.69, 9.17) is 0 Å². The quantitative estimate of drug-likeness (QED) is 0.749. The van der Waals surface area contributed by atoms with Gasteiger partial charge in [-0.05, 0) is 67.8 Å². The number of aromatic nitrogens is 1. The predicted octanol–water partition coefficient (Wildman–Crippen LogP) is 4.13. The summed E-state index contributed by atoms with van der Waals surface area (Å²) in [7, 11) is -3.58. The molecule has 5 heteroatoms. The van der Waals surface area contributed by atoms with Gasteiger partial charge >= 0.3 is 0 Å². The van der Waals surface area contributed by atoms with Crippen molar-refractivity contribution in [2.45, 2.75) is 31.7 Å². The van der Waals surface area contributed by atoms with Gasteiger partial charge in [0.2, 0.25) is 10.0 Å². The van der Waals surface area contributed by atoms with Gasteiger partial charge in [0, 0.05) is 24.1 Å². The summed E-state index contributed by atoms with van der Waals surface area (Å²) in [5.74, 6) is 0. The van der Waals surface area contributed by atoms with Crippen LogP contribution in [0.2, 0.25) is 0 Å². The molecule has 1 N–H and O–H groups in total. The second-order valence-electron chi connectivity index (χ2n) is 6.30. The smallest absolute Gasteiger partial charge is 0.241 e. The number of rotatable bonds is 5. The summed E-state index contributed by atoms with van der Waals surface area (Å²) in [4.78, 5) is 0.334. The Morgan fingerprint density at radius 1 is 0.960 bits per heavy atom. The molecule has 4 nitrogen and oxygen atoms in total. The fourth-order valence-electron chi connectivity index (χ4n) is 2.82. The molecule has 0 spiro atoms. The molecule has 0 saturated heterocycles. The van der Waals surface area contributed by atoms with Gasteiger partial charge in [0.15, 0.2) is 0 Å². The van der Waals surface area contributed by atoms with Gasteiger partial charge in [0.25, 0.3) is 0 Å². The summed E-state index contributed by atoms with van der Waals surface area (Å²) in [5.41, 5.74) is 3.58. The van der Waals surface area contributed by atoms with Gasteiger partial charge in [-0.25, -0.2) is 13.1 Å². The zero-order chi connectivity index (χ0) is 18.0. The van der Waals surface area contributed by atoms with Crippen LogP contribution < -0.4 is 4.72 Å². The molecule has 0 fully saturated rings. The Morgan fingerprint density at radius 2 is 1.68 bits per heavy atom. The molecule has 130 valence electrons. The van der Waals surface area contributed by atoms with Crippen LogP contribution >= 0.6 is 0 Å². The second kappa shape index (κ2) is 6.86. The fraction of sp³-hybridized carbons (Fsp3) is 0.200. The number of aryl methyl sites for hydroxylation is 2. The first-order valence-electron chi connectivity index (χ1n) is 8.20. The molecule has 1 heterocycles. The van der Waals surface area contributed by atoms with Crippen LogP contribution in [-0.2, 0) is 10.0 Å². The SMILES string of the molecule is Cc1ccc(C)c(S(=O)(=O)NC(C)c2cccc(-n3cccc3)c2)c1. The summed E-state index contributed by atoms with van der Waals surface area (Å²) in [6.07, 6.45) is 3.92. The third kappa shape index (κ3) is 3.83. The Hall–Kier alpha value is -2.37. The van der Waals surface area contributed by atoms with Gasteiger partial charge in [-0.3, -0.25) is 0 Å². The van der Waals surface area contributed by atoms with E-state index in [-0.39, 0.29) is 6.04 Å². The van der Waals surface area contributed by atoms with E-state index in [0.29, 0.717) is 4.90 Å². The van der Waals surface area contributed by atoms with Gasteiger partial charge < -0.3 is 4.57 Å². The number of nitrogens with zero attached hydrogens (tertiary/aromatic N) is 1. The van der Waals surface area contributed by atoms with Crippen molar-refractivity contribution < 1.29 is 8.42 Å². The van der Waals surface area contributed by atoms with E-state index in [1.165, 1.54) is 0 Å². The minimum absolute atomic E-state index is 0.333. The molecule has 2 aromatic carbocycles. The summed E-state index contributed by atoms with van der Waals surface area (Å²) >= 11 is 0. The standard InChI is InChI=1S/C20H22N2O2S/c1-15-9-10-16(2)20(13-15)25(23,24)21-17(3)18-7-6-8-19(14-18)22-11-4-5-12-22/h4-14,17,21H,1-3H3. The highest BCUT2D eigenvalue weighted by molar-refractivity contribution is 7.89. The van der Waals surface area contributed by atoms with E-state index < -0.39 is 10.0 Å². The zero-order valence-corrected chi connectivity index (χ0v) is 15.4. The molecule has 3 rings (SSSR count). The average Bonchev–Trinajstić information content (AvgIpc) is 3.11. The first-order chi connectivity index (χ1) is 11.9. The highest BCUT2D eigenvalue weighted by Crippen LogP contribution is 2.22. The van der Waals surface area contributed by atoms with Crippen LogP contribution in [-0.4, -0.2) is 13.0 Å². The molecule has 3 aromatic rings. The van der Waals surface area contributed by atoms with Crippen molar-refractivity contribution in [1.29, 1.82) is 0 Å². The van der Waals surface area contributed by atoms with Crippen molar-refractivity contribution >= 4 is 10.0 Å². The topological polar surface area (TPSA) is 51.1 Å². The predicted molar refractivity (Wildman–Crippen MR) is 100 cm³/mol. The highest BCUT2D eigenvalue weighted by atomic mass is 32.2. The summed E-state index contributed by atoms with van der Waals surface area (Å²) in [6, 6.07) is 16.9. The Balaban J connectivity index is 1.88. The van der Waals surface area contributed by atoms with Crippen LogP contribution in [0.15, 0.2) is 71.9 Å². The monoisotopic (exact) mass is 354 g/mol. The van der Waals surface area contributed by atoms with Crippen molar-refractivity contribution in [1.82, 2.24) is 9.29 Å². The largest absolute Gasteiger partial charge is 0.324 e. The zero-order valence-electron chi connectivity index (χ0n) is 14.6. The van der Waals surface area contributed by atoms with E-state index in [1.807, 2.05) is 86.3 Å². The molecule has 1 unspecified atom stereocenters. The molecule has 25 heavy (non-hydrogen) atoms. The minimum atomic E-state index is -3.58. The number of benzene rings is 2. The molecule has 0 aliphatic heterocycles. The van der Waals surface area contributed by atoms with Crippen LogP contribution in [0.5, 0.6) is 0 Å². The summed E-state index contributed by atoms with van der Waals surface area (Å²) < 4.78 is 30.4. The Kier molecular flexibility index (Phi) is 4.79. The lowest BCUT2D eigenvalue weighted by molar-refractivity contribution is 0.566. The third-order valence-electron chi connectivity index (χ3n) is 4.24. The molecule has 1 atom stereocenters. The number of hydrogen-bond acceptors (Lipinski definition) is 2. The van der Waals surface area contributed by atoms with E-state index in [0.717, 1.165) is 22.4 Å². The van der Waals surface area contributed by atoms with Crippen molar-refractivity contribution in [2.75, 3.05) is 0 Å².